The zero-order chi connectivity index (χ0) is 13.1. The van der Waals surface area contributed by atoms with Gasteiger partial charge in [0.2, 0.25) is 5.95 Å². The van der Waals surface area contributed by atoms with Gasteiger partial charge in [0.25, 0.3) is 0 Å². The number of ether oxygens (including phenoxy) is 1. The fourth-order valence-electron chi connectivity index (χ4n) is 1.91. The zero-order valence-corrected chi connectivity index (χ0v) is 11.3. The number of methoxy groups -OCH3 is 1. The fraction of sp³-hybridized carbons (Fsp3) is 0.357. The van der Waals surface area contributed by atoms with Gasteiger partial charge in [-0.15, -0.1) is 0 Å². The van der Waals surface area contributed by atoms with Crippen molar-refractivity contribution in [2.24, 2.45) is 0 Å². The molecule has 2 aromatic rings. The molecule has 1 aromatic heterocycles. The molecule has 0 spiro atoms. The molecule has 0 saturated carbocycles. The van der Waals surface area contributed by atoms with Crippen LogP contribution in [0.1, 0.15) is 18.2 Å². The van der Waals surface area contributed by atoms with Gasteiger partial charge in [0.1, 0.15) is 5.75 Å². The maximum absolute atomic E-state index is 5.20. The highest BCUT2D eigenvalue weighted by Gasteiger charge is 2.06. The van der Waals surface area contributed by atoms with Crippen LogP contribution in [0, 0.1) is 13.8 Å². The highest BCUT2D eigenvalue weighted by atomic mass is 16.5. The molecule has 0 atom stereocenters. The lowest BCUT2D eigenvalue weighted by atomic mass is 10.2. The Labute approximate surface area is 108 Å². The lowest BCUT2D eigenvalue weighted by Crippen LogP contribution is -2.02. The van der Waals surface area contributed by atoms with Crippen molar-refractivity contribution in [2.45, 2.75) is 27.3 Å². The van der Waals surface area contributed by atoms with Crippen LogP contribution in [-0.4, -0.2) is 16.7 Å². The lowest BCUT2D eigenvalue weighted by molar-refractivity contribution is 0.414. The van der Waals surface area contributed by atoms with Crippen molar-refractivity contribution in [1.29, 1.82) is 0 Å². The van der Waals surface area contributed by atoms with E-state index in [0.717, 1.165) is 35.2 Å². The number of nitrogens with zero attached hydrogens (tertiary/aromatic N) is 2. The van der Waals surface area contributed by atoms with Gasteiger partial charge in [-0.05, 0) is 44.5 Å². The highest BCUT2D eigenvalue weighted by Crippen LogP contribution is 2.24. The van der Waals surface area contributed by atoms with E-state index in [-0.39, 0.29) is 0 Å². The summed E-state index contributed by atoms with van der Waals surface area (Å²) in [4.78, 5) is 4.48. The summed E-state index contributed by atoms with van der Waals surface area (Å²) in [6.07, 6.45) is 2.04. The van der Waals surface area contributed by atoms with Gasteiger partial charge in [-0.25, -0.2) is 4.98 Å². The molecule has 0 amide bonds. The van der Waals surface area contributed by atoms with Gasteiger partial charge in [-0.3, -0.25) is 0 Å². The van der Waals surface area contributed by atoms with Crippen LogP contribution in [0.5, 0.6) is 5.75 Å². The van der Waals surface area contributed by atoms with E-state index in [1.807, 2.05) is 31.3 Å². The number of anilines is 2. The first-order chi connectivity index (χ1) is 8.63. The molecule has 0 saturated heterocycles. The molecule has 96 valence electrons. The number of benzene rings is 1. The van der Waals surface area contributed by atoms with E-state index in [1.54, 1.807) is 7.11 Å². The van der Waals surface area contributed by atoms with Crippen LogP contribution in [0.4, 0.5) is 11.6 Å². The van der Waals surface area contributed by atoms with E-state index in [1.165, 1.54) is 0 Å². The molecule has 0 radical (unpaired) electrons. The third kappa shape index (κ3) is 2.47. The second-order valence-electron chi connectivity index (χ2n) is 4.30. The van der Waals surface area contributed by atoms with Crippen LogP contribution in [0.25, 0.3) is 0 Å². The van der Waals surface area contributed by atoms with Crippen molar-refractivity contribution < 1.29 is 4.74 Å². The molecule has 1 N–H and O–H groups in total. The second kappa shape index (κ2) is 5.12. The van der Waals surface area contributed by atoms with Gasteiger partial charge >= 0.3 is 0 Å². The van der Waals surface area contributed by atoms with Gasteiger partial charge in [0, 0.05) is 18.4 Å². The van der Waals surface area contributed by atoms with Gasteiger partial charge < -0.3 is 14.6 Å². The van der Waals surface area contributed by atoms with Crippen molar-refractivity contribution in [1.82, 2.24) is 9.55 Å². The van der Waals surface area contributed by atoms with Crippen molar-refractivity contribution in [3.05, 3.63) is 35.7 Å². The molecule has 2 rings (SSSR count). The largest absolute Gasteiger partial charge is 0.497 e. The Balaban J connectivity index is 2.28. The second-order valence-corrected chi connectivity index (χ2v) is 4.30. The van der Waals surface area contributed by atoms with E-state index in [9.17, 15) is 0 Å². The van der Waals surface area contributed by atoms with E-state index < -0.39 is 0 Å². The van der Waals surface area contributed by atoms with Crippen molar-refractivity contribution in [2.75, 3.05) is 12.4 Å². The summed E-state index contributed by atoms with van der Waals surface area (Å²) in [6, 6.07) is 5.97. The highest BCUT2D eigenvalue weighted by molar-refractivity contribution is 5.60. The number of hydrogen-bond donors (Lipinski definition) is 1. The number of nitrogens with one attached hydrogen (secondary N) is 1. The molecule has 18 heavy (non-hydrogen) atoms. The monoisotopic (exact) mass is 245 g/mol. The predicted molar refractivity (Wildman–Crippen MR) is 73.7 cm³/mol. The quantitative estimate of drug-likeness (QED) is 0.898. The average Bonchev–Trinajstić information content (AvgIpc) is 2.72. The third-order valence-corrected chi connectivity index (χ3v) is 2.92. The van der Waals surface area contributed by atoms with Crippen molar-refractivity contribution >= 4 is 11.6 Å². The summed E-state index contributed by atoms with van der Waals surface area (Å²) in [5.74, 6) is 1.75. The fourth-order valence-corrected chi connectivity index (χ4v) is 1.91. The Bertz CT molecular complexity index is 546. The van der Waals surface area contributed by atoms with Crippen LogP contribution in [0.15, 0.2) is 24.4 Å². The minimum absolute atomic E-state index is 0.869. The van der Waals surface area contributed by atoms with Crippen LogP contribution < -0.4 is 10.1 Å². The zero-order valence-electron chi connectivity index (χ0n) is 11.3. The first-order valence-electron chi connectivity index (χ1n) is 6.09. The first kappa shape index (κ1) is 12.5. The maximum Gasteiger partial charge on any atom is 0.207 e. The normalized spacial score (nSPS) is 10.4. The molecule has 1 heterocycles. The van der Waals surface area contributed by atoms with E-state index in [4.69, 9.17) is 4.74 Å². The Hall–Kier alpha value is -1.97. The van der Waals surface area contributed by atoms with Gasteiger partial charge in [-0.1, -0.05) is 0 Å². The van der Waals surface area contributed by atoms with Crippen molar-refractivity contribution in [3.8, 4) is 5.75 Å². The number of imidazole rings is 1. The summed E-state index contributed by atoms with van der Waals surface area (Å²) in [5.41, 5.74) is 3.21. The number of rotatable bonds is 4. The Kier molecular flexibility index (Phi) is 3.55. The molecular weight excluding hydrogens is 226 g/mol. The SMILES string of the molecule is CCn1cc(C)nc1Nc1ccc(OC)cc1C. The molecule has 4 nitrogen and oxygen atoms in total. The number of aromatic nitrogens is 2. The molecule has 0 aliphatic heterocycles. The Morgan fingerprint density at radius 3 is 2.72 bits per heavy atom. The molecule has 4 heteroatoms. The van der Waals surface area contributed by atoms with E-state index in [2.05, 4.69) is 28.7 Å². The summed E-state index contributed by atoms with van der Waals surface area (Å²) in [5, 5.41) is 3.36. The third-order valence-electron chi connectivity index (χ3n) is 2.92. The summed E-state index contributed by atoms with van der Waals surface area (Å²) in [6.45, 7) is 7.06. The van der Waals surface area contributed by atoms with Crippen LogP contribution >= 0.6 is 0 Å². The van der Waals surface area contributed by atoms with E-state index >= 15 is 0 Å². The molecule has 0 aliphatic carbocycles. The minimum Gasteiger partial charge on any atom is -0.497 e. The number of hydrogen-bond acceptors (Lipinski definition) is 3. The standard InChI is InChI=1S/C14H19N3O/c1-5-17-9-11(3)15-14(17)16-13-7-6-12(18-4)8-10(13)2/h6-9H,5H2,1-4H3,(H,15,16). The molecular formula is C14H19N3O. The summed E-state index contributed by atoms with van der Waals surface area (Å²) in [7, 11) is 1.68. The molecule has 0 aliphatic rings. The molecule has 0 bridgehead atoms. The molecule has 1 aromatic carbocycles. The minimum atomic E-state index is 0.869. The Morgan fingerprint density at radius 1 is 1.33 bits per heavy atom. The summed E-state index contributed by atoms with van der Waals surface area (Å²) < 4.78 is 7.30. The van der Waals surface area contributed by atoms with Crippen LogP contribution in [-0.2, 0) is 6.54 Å². The molecule has 0 fully saturated rings. The Morgan fingerprint density at radius 2 is 2.11 bits per heavy atom. The summed E-state index contributed by atoms with van der Waals surface area (Å²) >= 11 is 0. The average molecular weight is 245 g/mol. The van der Waals surface area contributed by atoms with Crippen LogP contribution in [0.2, 0.25) is 0 Å². The maximum atomic E-state index is 5.20. The van der Waals surface area contributed by atoms with Crippen molar-refractivity contribution in [3.63, 3.8) is 0 Å². The molecule has 0 unspecified atom stereocenters. The smallest absolute Gasteiger partial charge is 0.207 e. The number of aryl methyl sites for hydroxylation is 3. The lowest BCUT2D eigenvalue weighted by Gasteiger charge is -2.11. The topological polar surface area (TPSA) is 39.1 Å². The van der Waals surface area contributed by atoms with Gasteiger partial charge in [0.05, 0.1) is 12.8 Å². The van der Waals surface area contributed by atoms with Crippen LogP contribution in [0.3, 0.4) is 0 Å². The predicted octanol–water partition coefficient (Wildman–Crippen LogP) is 3.27. The van der Waals surface area contributed by atoms with Gasteiger partial charge in [0.15, 0.2) is 0 Å². The first-order valence-corrected chi connectivity index (χ1v) is 6.09. The van der Waals surface area contributed by atoms with E-state index in [0.29, 0.717) is 0 Å². The van der Waals surface area contributed by atoms with Gasteiger partial charge in [-0.2, -0.15) is 0 Å².